The van der Waals surface area contributed by atoms with E-state index in [1.54, 1.807) is 59.1 Å². The SMILES string of the molecule is CCOc1cc(C(=O)O)ccc1N1C[C@@H]2CN(CC3=C(C(=O)OC)[C@H](c4ccc(F)cc4Cl)N=C(c4nccs4)N3)CCN2C1=O.COC(=O)C1=C(CN2CCN3C(=O)N(c4ccc(C(=O)O)cc4C)C[C@@H]3C2)NC(c2nccs2)=N[C@H]1c1ccc(F)cc1Cl. The molecule has 4 N–H and O–H groups in total. The number of esters is 2. The van der Waals surface area contributed by atoms with Crippen LogP contribution in [0.4, 0.5) is 29.7 Å². The van der Waals surface area contributed by atoms with E-state index >= 15 is 0 Å². The second-order valence-electron chi connectivity index (χ2n) is 21.5. The van der Waals surface area contributed by atoms with Gasteiger partial charge in [0.25, 0.3) is 0 Å². The van der Waals surface area contributed by atoms with E-state index in [0.29, 0.717) is 139 Å². The quantitative estimate of drug-likeness (QED) is 0.0664. The summed E-state index contributed by atoms with van der Waals surface area (Å²) in [6, 6.07) is 14.8. The van der Waals surface area contributed by atoms with Gasteiger partial charge in [-0.3, -0.25) is 29.6 Å². The number of carboxylic acids is 2. The number of nitrogens with zero attached hydrogens (tertiary/aromatic N) is 10. The number of ether oxygens (including phenoxy) is 3. The van der Waals surface area contributed by atoms with E-state index in [1.165, 1.54) is 91.5 Å². The molecule has 4 saturated heterocycles. The number of benzene rings is 4. The second-order valence-corrected chi connectivity index (χ2v) is 24.1. The second kappa shape index (κ2) is 26.7. The number of aromatic nitrogens is 2. The molecule has 0 aliphatic carbocycles. The van der Waals surface area contributed by atoms with Gasteiger partial charge in [0, 0.05) is 127 Å². The van der Waals surface area contributed by atoms with Crippen molar-refractivity contribution in [2.75, 3.05) is 96.1 Å². The van der Waals surface area contributed by atoms with E-state index in [4.69, 9.17) is 47.4 Å². The number of methoxy groups -OCH3 is 2. The molecule has 0 saturated carbocycles. The average Bonchev–Trinajstić information content (AvgIpc) is 1.84. The van der Waals surface area contributed by atoms with Crippen LogP contribution >= 0.6 is 45.9 Å². The van der Waals surface area contributed by atoms with Crippen LogP contribution in [-0.4, -0.2) is 186 Å². The highest BCUT2D eigenvalue weighted by Crippen LogP contribution is 2.41. The molecular weight excluding hydrogens is 1250 g/mol. The smallest absolute Gasteiger partial charge is 0.338 e. The summed E-state index contributed by atoms with van der Waals surface area (Å²) in [4.78, 5) is 106. The predicted octanol–water partition coefficient (Wildman–Crippen LogP) is 8.26. The van der Waals surface area contributed by atoms with Crippen LogP contribution in [0.2, 0.25) is 10.0 Å². The number of piperazine rings is 2. The zero-order chi connectivity index (χ0) is 63.7. The van der Waals surface area contributed by atoms with Gasteiger partial charge in [0.1, 0.15) is 29.5 Å². The molecule has 6 aromatic rings. The molecule has 0 spiro atoms. The molecule has 6 aliphatic rings. The lowest BCUT2D eigenvalue weighted by atomic mass is 9.95. The van der Waals surface area contributed by atoms with Gasteiger partial charge >= 0.3 is 35.9 Å². The first kappa shape index (κ1) is 62.7. The number of rotatable bonds is 16. The van der Waals surface area contributed by atoms with Gasteiger partial charge in [-0.15, -0.1) is 22.7 Å². The number of nitrogens with one attached hydrogen (secondary N) is 2. The molecule has 4 aromatic carbocycles. The van der Waals surface area contributed by atoms with Crippen LogP contribution in [0, 0.1) is 18.6 Å². The minimum atomic E-state index is -1.09. The molecule has 0 radical (unpaired) electrons. The number of thiazole rings is 2. The minimum absolute atomic E-state index is 0.0679. The van der Waals surface area contributed by atoms with Gasteiger partial charge in [-0.25, -0.2) is 47.5 Å². The lowest BCUT2D eigenvalue weighted by Gasteiger charge is -2.38. The monoisotopic (exact) mass is 1310 g/mol. The maximum atomic E-state index is 14.0. The number of hydrogen-bond donors (Lipinski definition) is 4. The van der Waals surface area contributed by atoms with Crippen LogP contribution in [0.1, 0.15) is 66.4 Å². The van der Waals surface area contributed by atoms with Crippen molar-refractivity contribution in [2.45, 2.75) is 38.0 Å². The number of amides is 4. The summed E-state index contributed by atoms with van der Waals surface area (Å²) >= 11 is 15.7. The lowest BCUT2D eigenvalue weighted by Crippen LogP contribution is -2.53. The molecule has 12 rings (SSSR count). The van der Waals surface area contributed by atoms with E-state index in [-0.39, 0.29) is 56.5 Å². The summed E-state index contributed by atoms with van der Waals surface area (Å²) in [7, 11) is 2.58. The predicted molar refractivity (Wildman–Crippen MR) is 332 cm³/mol. The Morgan fingerprint density at radius 1 is 0.633 bits per heavy atom. The van der Waals surface area contributed by atoms with Crippen LogP contribution in [0.25, 0.3) is 0 Å². The first-order valence-corrected chi connectivity index (χ1v) is 30.8. The summed E-state index contributed by atoms with van der Waals surface area (Å²) in [5, 5.41) is 30.5. The number of carboxylic acid groups (broad SMARTS) is 2. The van der Waals surface area contributed by atoms with Gasteiger partial charge in [0.05, 0.1) is 60.9 Å². The third-order valence-corrected chi connectivity index (χ3v) is 18.2. The van der Waals surface area contributed by atoms with Crippen LogP contribution < -0.4 is 25.2 Å². The topological polar surface area (TPSA) is 265 Å². The Morgan fingerprint density at radius 3 is 1.50 bits per heavy atom. The van der Waals surface area contributed by atoms with Gasteiger partial charge in [-0.1, -0.05) is 35.3 Å². The van der Waals surface area contributed by atoms with Crippen LogP contribution in [0.5, 0.6) is 5.75 Å². The number of aliphatic imine (C=N–C) groups is 2. The van der Waals surface area contributed by atoms with E-state index in [9.17, 15) is 47.8 Å². The summed E-state index contributed by atoms with van der Waals surface area (Å²) in [5.74, 6) is -3.12. The van der Waals surface area contributed by atoms with Gasteiger partial charge in [-0.2, -0.15) is 0 Å². The number of urea groups is 2. The number of fused-ring (bicyclic) bond motifs is 2. The average molecular weight is 1310 g/mol. The number of carbonyl (C=O) groups excluding carboxylic acids is 4. The standard InChI is InChI=1S/C31H30ClFN6O6S.C30H28ClFN6O5S/c1-3-45-24-12-17(29(40)41)4-7-23(24)39-15-19-14-37(9-10-38(19)31(39)43)16-22-25(30(42)44-2)26(20-6-5-18(33)13-21(20)32)36-27(35-22)28-34-8-11-46-28;1-16-11-17(28(39)40)3-6-23(16)38-14-19-13-36(8-9-37(19)30(38)42)15-22-24(29(41)43-2)25(20-5-4-18(32)12-21(20)31)35-26(34-22)27-33-7-10-44-27/h4-8,11-13,19,26H,3,9-10,14-16H2,1-2H3,(H,35,36)(H,40,41);3-7,10-12,19,25H,8-9,13-15H2,1-2H3,(H,34,35)(H,39,40)/t19-,26-;19-,25-/m00/s1. The highest BCUT2D eigenvalue weighted by molar-refractivity contribution is 7.12. The summed E-state index contributed by atoms with van der Waals surface area (Å²) in [6.07, 6.45) is 3.31. The van der Waals surface area contributed by atoms with Crippen molar-refractivity contribution in [1.29, 1.82) is 0 Å². The molecule has 2 aromatic heterocycles. The van der Waals surface area contributed by atoms with Crippen molar-refractivity contribution in [3.63, 3.8) is 0 Å². The summed E-state index contributed by atoms with van der Waals surface area (Å²) < 4.78 is 44.0. The zero-order valence-electron chi connectivity index (χ0n) is 48.7. The Labute approximate surface area is 532 Å². The Kier molecular flexibility index (Phi) is 18.6. The number of carbonyl (C=O) groups is 6. The van der Waals surface area contributed by atoms with Gasteiger partial charge in [-0.05, 0) is 80.1 Å². The van der Waals surface area contributed by atoms with E-state index in [1.807, 2.05) is 15.7 Å². The summed E-state index contributed by atoms with van der Waals surface area (Å²) in [5.41, 5.74) is 4.59. The Hall–Kier alpha value is -8.86. The van der Waals surface area contributed by atoms with Crippen molar-refractivity contribution in [3.8, 4) is 5.75 Å². The molecule has 8 heterocycles. The van der Waals surface area contributed by atoms with Crippen LogP contribution in [0.15, 0.2) is 128 Å². The number of aryl methyl sites for hydroxylation is 1. The number of aromatic carboxylic acids is 2. The highest BCUT2D eigenvalue weighted by Gasteiger charge is 2.45. The number of halogens is 4. The van der Waals surface area contributed by atoms with E-state index in [0.717, 1.165) is 0 Å². The zero-order valence-corrected chi connectivity index (χ0v) is 51.8. The van der Waals surface area contributed by atoms with E-state index < -0.39 is 47.6 Å². The third-order valence-electron chi connectivity index (χ3n) is 16.0. The first-order chi connectivity index (χ1) is 43.3. The molecule has 29 heteroatoms. The van der Waals surface area contributed by atoms with Crippen molar-refractivity contribution >= 4 is 105 Å². The van der Waals surface area contributed by atoms with Crippen molar-refractivity contribution in [1.82, 2.24) is 40.2 Å². The third kappa shape index (κ3) is 12.8. The number of amidine groups is 2. The first-order valence-electron chi connectivity index (χ1n) is 28.3. The largest absolute Gasteiger partial charge is 0.492 e. The van der Waals surface area contributed by atoms with E-state index in [2.05, 4.69) is 30.4 Å². The Balaban J connectivity index is 0.000000185. The van der Waals surface area contributed by atoms with Crippen LogP contribution in [-0.2, 0) is 19.1 Å². The Bertz CT molecular complexity index is 3970. The molecular formula is C61H58Cl2F2N12O11S2. The Morgan fingerprint density at radius 2 is 1.09 bits per heavy atom. The normalized spacial score (nSPS) is 20.1. The number of anilines is 2. The van der Waals surface area contributed by atoms with Crippen molar-refractivity contribution in [3.05, 3.63) is 178 Å². The maximum absolute atomic E-state index is 14.0. The van der Waals surface area contributed by atoms with Gasteiger partial charge in [0.2, 0.25) is 0 Å². The molecule has 4 fully saturated rings. The van der Waals surface area contributed by atoms with Crippen LogP contribution in [0.3, 0.4) is 0 Å². The molecule has 23 nitrogen and oxygen atoms in total. The lowest BCUT2D eigenvalue weighted by molar-refractivity contribution is -0.137. The van der Waals surface area contributed by atoms with Crippen molar-refractivity contribution in [2.24, 2.45) is 9.98 Å². The molecule has 90 heavy (non-hydrogen) atoms. The molecule has 6 aliphatic heterocycles. The van der Waals surface area contributed by atoms with Gasteiger partial charge < -0.3 is 44.9 Å². The fourth-order valence-corrected chi connectivity index (χ4v) is 13.6. The maximum Gasteiger partial charge on any atom is 0.338 e. The fraction of sp³-hybridized carbons (Fsp3) is 0.311. The fourth-order valence-electron chi connectivity index (χ4n) is 11.8. The summed E-state index contributed by atoms with van der Waals surface area (Å²) in [6.45, 7) is 8.25. The molecule has 0 bridgehead atoms. The highest BCUT2D eigenvalue weighted by atomic mass is 35.5. The molecule has 4 atom stereocenters. The molecule has 468 valence electrons. The minimum Gasteiger partial charge on any atom is -0.492 e. The van der Waals surface area contributed by atoms with Gasteiger partial charge in [0.15, 0.2) is 21.7 Å². The van der Waals surface area contributed by atoms with Crippen molar-refractivity contribution < 1.29 is 62.0 Å². The number of hydrogen-bond acceptors (Lipinski definition) is 19. The molecule has 0 unspecified atom stereocenters. The molecule has 4 amide bonds.